The lowest BCUT2D eigenvalue weighted by molar-refractivity contribution is -0.0231. The van der Waals surface area contributed by atoms with Crippen LogP contribution in [0.25, 0.3) is 21.8 Å². The quantitative estimate of drug-likeness (QED) is 0.453. The van der Waals surface area contributed by atoms with Crippen molar-refractivity contribution in [2.75, 3.05) is 0 Å². The molecule has 30 heavy (non-hydrogen) atoms. The summed E-state index contributed by atoms with van der Waals surface area (Å²) < 4.78 is 7.89. The molecule has 1 aliphatic rings. The van der Waals surface area contributed by atoms with E-state index in [0.29, 0.717) is 40.6 Å². The van der Waals surface area contributed by atoms with Gasteiger partial charge in [-0.1, -0.05) is 17.7 Å². The molecule has 158 valence electrons. The van der Waals surface area contributed by atoms with Crippen molar-refractivity contribution in [3.8, 4) is 17.2 Å². The Morgan fingerprint density at radius 2 is 1.97 bits per heavy atom. The van der Waals surface area contributed by atoms with Crippen LogP contribution in [0.2, 0.25) is 0 Å². The van der Waals surface area contributed by atoms with Gasteiger partial charge in [0.15, 0.2) is 0 Å². The van der Waals surface area contributed by atoms with Crippen molar-refractivity contribution in [2.45, 2.75) is 52.2 Å². The number of aryl methyl sites for hydroxylation is 1. The molecule has 0 saturated heterocycles. The molecule has 0 fully saturated rings. The fraction of sp³-hybridized carbons (Fsp3) is 0.375. The molecule has 2 aromatic carbocycles. The zero-order chi connectivity index (χ0) is 22.0. The molecule has 0 amide bonds. The third-order valence-electron chi connectivity index (χ3n) is 5.90. The number of hydrogen-bond acceptors (Lipinski definition) is 5. The molecule has 0 spiro atoms. The van der Waals surface area contributed by atoms with Crippen LogP contribution in [0.5, 0.6) is 17.2 Å². The first kappa shape index (κ1) is 20.3. The topological polar surface area (TPSA) is 91.9 Å². The number of fused-ring (bicyclic) bond motifs is 3. The molecule has 6 nitrogen and oxygen atoms in total. The molecule has 1 aromatic heterocycles. The van der Waals surface area contributed by atoms with E-state index in [1.807, 2.05) is 19.9 Å². The van der Waals surface area contributed by atoms with Gasteiger partial charge in [-0.2, -0.15) is 0 Å². The lowest BCUT2D eigenvalue weighted by Crippen LogP contribution is -2.39. The molecule has 1 aliphatic heterocycles. The number of allylic oxidation sites excluding steroid dienone is 2. The Kier molecular flexibility index (Phi) is 4.58. The lowest BCUT2D eigenvalue weighted by atomic mass is 9.93. The van der Waals surface area contributed by atoms with Crippen LogP contribution in [0, 0.1) is 0 Å². The number of phenolic OH excluding ortho intramolecular Hbond substituents is 2. The largest absolute Gasteiger partial charge is 0.507 e. The first-order valence-corrected chi connectivity index (χ1v) is 10.1. The van der Waals surface area contributed by atoms with Gasteiger partial charge in [-0.05, 0) is 46.2 Å². The molecule has 2 heterocycles. The maximum atomic E-state index is 13.4. The number of pyridine rings is 1. The van der Waals surface area contributed by atoms with Crippen LogP contribution in [0.3, 0.4) is 0 Å². The van der Waals surface area contributed by atoms with Gasteiger partial charge in [0, 0.05) is 24.6 Å². The van der Waals surface area contributed by atoms with Crippen molar-refractivity contribution in [1.82, 2.24) is 4.57 Å². The van der Waals surface area contributed by atoms with E-state index in [-0.39, 0.29) is 22.3 Å². The highest BCUT2D eigenvalue weighted by molar-refractivity contribution is 6.01. The van der Waals surface area contributed by atoms with Crippen molar-refractivity contribution in [3.05, 3.63) is 51.2 Å². The van der Waals surface area contributed by atoms with Crippen LogP contribution < -0.4 is 10.2 Å². The van der Waals surface area contributed by atoms with Crippen LogP contribution in [-0.2, 0) is 19.9 Å². The summed E-state index contributed by atoms with van der Waals surface area (Å²) in [6.07, 6.45) is 2.30. The van der Waals surface area contributed by atoms with Gasteiger partial charge < -0.3 is 24.6 Å². The smallest absolute Gasteiger partial charge is 0.201 e. The molecule has 4 rings (SSSR count). The summed E-state index contributed by atoms with van der Waals surface area (Å²) in [4.78, 5) is 13.4. The zero-order valence-corrected chi connectivity index (χ0v) is 17.9. The second-order valence-corrected chi connectivity index (χ2v) is 8.87. The zero-order valence-electron chi connectivity index (χ0n) is 17.9. The minimum Gasteiger partial charge on any atom is -0.507 e. The Labute approximate surface area is 174 Å². The SMILES string of the molecule is CC(C)=CCc1c2c(c(O)c3c(=O)c4cccc(O)c4n(C)c13)C[C@@H](C(C)(C)O)O2. The molecular weight excluding hydrogens is 382 g/mol. The highest BCUT2D eigenvalue weighted by Crippen LogP contribution is 2.46. The van der Waals surface area contributed by atoms with Crippen molar-refractivity contribution in [1.29, 1.82) is 0 Å². The predicted molar refractivity (Wildman–Crippen MR) is 118 cm³/mol. The number of nitrogens with zero attached hydrogens (tertiary/aromatic N) is 1. The number of rotatable bonds is 3. The molecule has 3 N–H and O–H groups in total. The molecule has 3 aromatic rings. The monoisotopic (exact) mass is 409 g/mol. The Hall–Kier alpha value is -2.99. The molecule has 0 bridgehead atoms. The van der Waals surface area contributed by atoms with Crippen LogP contribution in [0.1, 0.15) is 38.8 Å². The summed E-state index contributed by atoms with van der Waals surface area (Å²) in [5.74, 6) is 0.394. The van der Waals surface area contributed by atoms with E-state index < -0.39 is 11.7 Å². The maximum Gasteiger partial charge on any atom is 0.201 e. The maximum absolute atomic E-state index is 13.4. The van der Waals surface area contributed by atoms with Gasteiger partial charge in [-0.3, -0.25) is 4.79 Å². The summed E-state index contributed by atoms with van der Waals surface area (Å²) in [6, 6.07) is 4.81. The van der Waals surface area contributed by atoms with Gasteiger partial charge in [0.2, 0.25) is 5.43 Å². The van der Waals surface area contributed by atoms with Gasteiger partial charge >= 0.3 is 0 Å². The fourth-order valence-corrected chi connectivity index (χ4v) is 4.30. The fourth-order valence-electron chi connectivity index (χ4n) is 4.30. The van der Waals surface area contributed by atoms with E-state index in [0.717, 1.165) is 11.1 Å². The van der Waals surface area contributed by atoms with Crippen molar-refractivity contribution >= 4 is 21.8 Å². The van der Waals surface area contributed by atoms with E-state index in [1.54, 1.807) is 37.6 Å². The Balaban J connectivity index is 2.18. The van der Waals surface area contributed by atoms with Crippen LogP contribution in [0.15, 0.2) is 34.6 Å². The van der Waals surface area contributed by atoms with Crippen LogP contribution >= 0.6 is 0 Å². The minimum atomic E-state index is -1.11. The van der Waals surface area contributed by atoms with Gasteiger partial charge in [0.1, 0.15) is 23.4 Å². The molecule has 0 unspecified atom stereocenters. The van der Waals surface area contributed by atoms with E-state index in [1.165, 1.54) is 6.07 Å². The molecule has 1 atom stereocenters. The minimum absolute atomic E-state index is 0.00237. The summed E-state index contributed by atoms with van der Waals surface area (Å²) in [5.41, 5.74) is 1.90. The molecule has 0 radical (unpaired) electrons. The Bertz CT molecular complexity index is 1270. The number of para-hydroxylation sites is 1. The van der Waals surface area contributed by atoms with Crippen molar-refractivity contribution in [2.24, 2.45) is 7.05 Å². The van der Waals surface area contributed by atoms with Gasteiger partial charge in [0.05, 0.1) is 27.4 Å². The number of aromatic hydroxyl groups is 2. The Morgan fingerprint density at radius 1 is 1.27 bits per heavy atom. The Morgan fingerprint density at radius 3 is 2.60 bits per heavy atom. The summed E-state index contributed by atoms with van der Waals surface area (Å²) in [5, 5.41) is 32.7. The number of aliphatic hydroxyl groups is 1. The highest BCUT2D eigenvalue weighted by Gasteiger charge is 2.39. The number of benzene rings is 2. The van der Waals surface area contributed by atoms with Crippen LogP contribution in [0.4, 0.5) is 0 Å². The number of ether oxygens (including phenoxy) is 1. The summed E-state index contributed by atoms with van der Waals surface area (Å²) in [6.45, 7) is 7.32. The predicted octanol–water partition coefficient (Wildman–Crippen LogP) is 3.69. The van der Waals surface area contributed by atoms with E-state index >= 15 is 0 Å². The third kappa shape index (κ3) is 2.94. The number of phenols is 2. The van der Waals surface area contributed by atoms with E-state index in [9.17, 15) is 20.1 Å². The normalized spacial score (nSPS) is 16.0. The van der Waals surface area contributed by atoms with Crippen LogP contribution in [-0.4, -0.2) is 31.6 Å². The average molecular weight is 409 g/mol. The molecule has 0 aliphatic carbocycles. The van der Waals surface area contributed by atoms with Gasteiger partial charge in [-0.25, -0.2) is 0 Å². The first-order chi connectivity index (χ1) is 14.0. The first-order valence-electron chi connectivity index (χ1n) is 10.1. The van der Waals surface area contributed by atoms with Crippen molar-refractivity contribution in [3.63, 3.8) is 0 Å². The summed E-state index contributed by atoms with van der Waals surface area (Å²) in [7, 11) is 1.77. The summed E-state index contributed by atoms with van der Waals surface area (Å²) >= 11 is 0. The molecule has 6 heteroatoms. The molecule has 0 saturated carbocycles. The lowest BCUT2D eigenvalue weighted by Gasteiger charge is -2.25. The van der Waals surface area contributed by atoms with Gasteiger partial charge in [0.25, 0.3) is 0 Å². The van der Waals surface area contributed by atoms with E-state index in [4.69, 9.17) is 4.74 Å². The second kappa shape index (κ2) is 6.77. The van der Waals surface area contributed by atoms with E-state index in [2.05, 4.69) is 0 Å². The second-order valence-electron chi connectivity index (χ2n) is 8.87. The standard InChI is InChI=1S/C24H27NO5/c1-12(2)9-10-14-20-18(21(27)13-7-6-8-16(26)19(13)25(20)5)22(28)15-11-17(24(3,4)29)30-23(14)15/h6-9,17,26,28-29H,10-11H2,1-5H3/t17-/m0/s1. The third-order valence-corrected chi connectivity index (χ3v) is 5.90. The van der Waals surface area contributed by atoms with Crippen molar-refractivity contribution < 1.29 is 20.1 Å². The van der Waals surface area contributed by atoms with Gasteiger partial charge in [-0.15, -0.1) is 0 Å². The number of hydrogen-bond donors (Lipinski definition) is 3. The average Bonchev–Trinajstić information content (AvgIpc) is 3.11. The molecular formula is C24H27NO5. The highest BCUT2D eigenvalue weighted by atomic mass is 16.5. The number of aromatic nitrogens is 1.